The summed E-state index contributed by atoms with van der Waals surface area (Å²) in [6.45, 7) is 0. The zero-order valence-electron chi connectivity index (χ0n) is 5.29. The van der Waals surface area contributed by atoms with Crippen LogP contribution in [0.15, 0.2) is 0 Å². The van der Waals surface area contributed by atoms with Crippen LogP contribution in [-0.2, 0) is 0 Å². The second-order valence-corrected chi connectivity index (χ2v) is 3.40. The summed E-state index contributed by atoms with van der Waals surface area (Å²) in [6, 6.07) is 0. The fraction of sp³-hybridized carbons (Fsp3) is 1.00. The lowest BCUT2D eigenvalue weighted by Crippen LogP contribution is -2.26. The molecule has 7 heteroatoms. The summed E-state index contributed by atoms with van der Waals surface area (Å²) >= 11 is -0.643. The van der Waals surface area contributed by atoms with E-state index in [9.17, 15) is 21.4 Å². The first-order chi connectivity index (χ1) is 4.77. The van der Waals surface area contributed by atoms with Gasteiger partial charge in [-0.2, -0.15) is 3.89 Å². The molecule has 0 aromatic carbocycles. The third kappa shape index (κ3) is 6.81. The van der Waals surface area contributed by atoms with Gasteiger partial charge in [0.15, 0.2) is 0 Å². The highest BCUT2D eigenvalue weighted by atomic mass is 32.2. The first kappa shape index (κ1) is 11.4. The van der Waals surface area contributed by atoms with Gasteiger partial charge in [-0.05, 0) is 0 Å². The highest BCUT2D eigenvalue weighted by molar-refractivity contribution is 7.94. The molecule has 0 saturated carbocycles. The first-order valence-electron chi connectivity index (χ1n) is 2.55. The molecule has 1 atom stereocenters. The van der Waals surface area contributed by atoms with Gasteiger partial charge in [0.25, 0.3) is 11.6 Å². The largest absolute Gasteiger partial charge is 0.265 e. The number of halogens is 5. The van der Waals surface area contributed by atoms with Crippen molar-refractivity contribution >= 4 is 21.4 Å². The molecule has 11 heavy (non-hydrogen) atoms. The van der Waals surface area contributed by atoms with E-state index >= 15 is 0 Å². The van der Waals surface area contributed by atoms with Crippen molar-refractivity contribution < 1.29 is 21.4 Å². The highest BCUT2D eigenvalue weighted by Crippen LogP contribution is 2.36. The Morgan fingerprint density at radius 2 is 1.64 bits per heavy atom. The van der Waals surface area contributed by atoms with Gasteiger partial charge in [0.1, 0.15) is 0 Å². The molecule has 0 rings (SSSR count). The lowest BCUT2D eigenvalue weighted by atomic mass is 10.3. The second-order valence-electron chi connectivity index (χ2n) is 2.05. The molecule has 0 aromatic rings. The van der Waals surface area contributed by atoms with E-state index in [2.05, 4.69) is 0 Å². The third-order valence-electron chi connectivity index (χ3n) is 0.760. The molecule has 0 heterocycles. The van der Waals surface area contributed by atoms with Gasteiger partial charge in [0, 0.05) is 0 Å². The second kappa shape index (κ2) is 3.90. The monoisotopic (exact) mass is 212 g/mol. The van der Waals surface area contributed by atoms with Crippen LogP contribution in [0.25, 0.3) is 0 Å². The molecule has 0 fully saturated rings. The topological polar surface area (TPSA) is 0 Å². The van der Waals surface area contributed by atoms with E-state index in [1.807, 2.05) is 0 Å². The Bertz CT molecular complexity index is 122. The summed E-state index contributed by atoms with van der Waals surface area (Å²) in [5.74, 6) is -4.87. The fourth-order valence-corrected chi connectivity index (χ4v) is 1.04. The van der Waals surface area contributed by atoms with Crippen molar-refractivity contribution in [2.75, 3.05) is 5.75 Å². The van der Waals surface area contributed by atoms with E-state index < -0.39 is 35.9 Å². The van der Waals surface area contributed by atoms with Crippen LogP contribution in [0.5, 0.6) is 0 Å². The molecule has 68 valence electrons. The summed E-state index contributed by atoms with van der Waals surface area (Å²) in [5, 5.41) is 0. The van der Waals surface area contributed by atoms with Crippen molar-refractivity contribution in [1.82, 2.24) is 0 Å². The minimum Gasteiger partial charge on any atom is -0.206 e. The molecule has 1 unspecified atom stereocenters. The molecule has 0 bridgehead atoms. The van der Waals surface area contributed by atoms with Crippen molar-refractivity contribution in [2.24, 2.45) is 0 Å². The molecule has 0 aliphatic heterocycles. The van der Waals surface area contributed by atoms with Crippen molar-refractivity contribution in [1.29, 1.82) is 0 Å². The lowest BCUT2D eigenvalue weighted by Gasteiger charge is -2.17. The first-order valence-corrected chi connectivity index (χ1v) is 4.01. The van der Waals surface area contributed by atoms with E-state index in [0.717, 1.165) is 9.24 Å². The summed E-state index contributed by atoms with van der Waals surface area (Å²) in [6.07, 6.45) is -1.64. The van der Waals surface area contributed by atoms with Crippen molar-refractivity contribution in [3.63, 3.8) is 0 Å². The predicted molar refractivity (Wildman–Crippen MR) is 37.8 cm³/mol. The van der Waals surface area contributed by atoms with Crippen LogP contribution in [0.2, 0.25) is 0 Å². The molecular weight excluding hydrogens is 206 g/mol. The van der Waals surface area contributed by atoms with Gasteiger partial charge in [-0.15, -0.1) is 0 Å². The van der Waals surface area contributed by atoms with Gasteiger partial charge in [-0.25, -0.2) is 17.6 Å². The smallest absolute Gasteiger partial charge is 0.206 e. The molecule has 0 amide bonds. The van der Waals surface area contributed by atoms with Gasteiger partial charge in [0.2, 0.25) is 0 Å². The predicted octanol–water partition coefficient (Wildman–Crippen LogP) is 3.10. The Labute approximate surface area is 67.4 Å². The number of alkyl halides is 4. The van der Waals surface area contributed by atoms with Crippen molar-refractivity contribution in [3.8, 4) is 0 Å². The van der Waals surface area contributed by atoms with Crippen LogP contribution < -0.4 is 0 Å². The Kier molecular flexibility index (Phi) is 4.05. The third-order valence-corrected chi connectivity index (χ3v) is 1.50. The summed E-state index contributed by atoms with van der Waals surface area (Å²) in [4.78, 5) is 0. The Hall–Kier alpha value is 0.430. The van der Waals surface area contributed by atoms with Gasteiger partial charge in [-0.1, -0.05) is 9.24 Å². The van der Waals surface area contributed by atoms with E-state index in [-0.39, 0.29) is 0 Å². The molecule has 0 radical (unpaired) electrons. The minimum absolute atomic E-state index is 0.643. The Balaban J connectivity index is 3.91. The van der Waals surface area contributed by atoms with Crippen molar-refractivity contribution in [2.45, 2.75) is 18.0 Å². The SMILES string of the molecule is FSCC(F)(F)CC(F)(F)P. The molecule has 0 N–H and O–H groups in total. The summed E-state index contributed by atoms with van der Waals surface area (Å²) in [7, 11) is 0.983. The quantitative estimate of drug-likeness (QED) is 0.509. The average Bonchev–Trinajstić information content (AvgIpc) is 1.55. The number of hydrogen-bond donors (Lipinski definition) is 0. The molecule has 0 nitrogen and oxygen atoms in total. The van der Waals surface area contributed by atoms with Crippen LogP contribution >= 0.6 is 21.4 Å². The van der Waals surface area contributed by atoms with Gasteiger partial charge in [0.05, 0.1) is 24.3 Å². The normalized spacial score (nSPS) is 13.6. The minimum atomic E-state index is -3.65. The van der Waals surface area contributed by atoms with E-state index in [1.54, 1.807) is 0 Å². The van der Waals surface area contributed by atoms with Gasteiger partial charge in [-0.3, -0.25) is 0 Å². The Morgan fingerprint density at radius 1 is 1.18 bits per heavy atom. The molecule has 0 saturated heterocycles. The molecule has 0 aromatic heterocycles. The zero-order valence-corrected chi connectivity index (χ0v) is 7.26. The molecule has 0 spiro atoms. The van der Waals surface area contributed by atoms with E-state index in [0.29, 0.717) is 0 Å². The van der Waals surface area contributed by atoms with E-state index in [4.69, 9.17) is 0 Å². The van der Waals surface area contributed by atoms with Crippen LogP contribution in [0.1, 0.15) is 6.42 Å². The highest BCUT2D eigenvalue weighted by Gasteiger charge is 2.40. The van der Waals surface area contributed by atoms with Crippen LogP contribution in [-0.4, -0.2) is 17.3 Å². The maximum absolute atomic E-state index is 12.2. The molecule has 0 aliphatic rings. The average molecular weight is 212 g/mol. The molecule has 0 aliphatic carbocycles. The van der Waals surface area contributed by atoms with Crippen LogP contribution in [0.4, 0.5) is 21.4 Å². The fourth-order valence-electron chi connectivity index (χ4n) is 0.476. The lowest BCUT2D eigenvalue weighted by molar-refractivity contribution is -0.0500. The number of rotatable bonds is 4. The Morgan fingerprint density at radius 3 is 1.91 bits per heavy atom. The maximum atomic E-state index is 12.2. The zero-order chi connectivity index (χ0) is 9.12. The van der Waals surface area contributed by atoms with Crippen molar-refractivity contribution in [3.05, 3.63) is 0 Å². The molecular formula is C4H6F5PS. The van der Waals surface area contributed by atoms with Gasteiger partial charge >= 0.3 is 0 Å². The number of hydrogen-bond acceptors (Lipinski definition) is 1. The maximum Gasteiger partial charge on any atom is 0.265 e. The standard InChI is InChI=1S/C4H6F5PS/c5-3(6,2-11-9)1-4(7,8)10/h1-2,10H2. The summed E-state index contributed by atoms with van der Waals surface area (Å²) in [5.41, 5.74) is -3.53. The van der Waals surface area contributed by atoms with Crippen LogP contribution in [0, 0.1) is 0 Å². The van der Waals surface area contributed by atoms with E-state index in [1.165, 1.54) is 0 Å². The van der Waals surface area contributed by atoms with Gasteiger partial charge < -0.3 is 0 Å². The van der Waals surface area contributed by atoms with Crippen LogP contribution in [0.3, 0.4) is 0 Å². The summed E-state index contributed by atoms with van der Waals surface area (Å²) < 4.78 is 59.4.